The van der Waals surface area contributed by atoms with Crippen LogP contribution in [0.5, 0.6) is 5.75 Å². The fraction of sp³-hybridized carbons (Fsp3) is 0.571. The van der Waals surface area contributed by atoms with Gasteiger partial charge in [-0.1, -0.05) is 6.92 Å². The maximum absolute atomic E-state index is 6.03. The van der Waals surface area contributed by atoms with Gasteiger partial charge in [0, 0.05) is 24.8 Å². The van der Waals surface area contributed by atoms with Crippen molar-refractivity contribution in [1.29, 1.82) is 0 Å². The summed E-state index contributed by atoms with van der Waals surface area (Å²) in [5.74, 6) is 0.955. The molecule has 0 amide bonds. The highest BCUT2D eigenvalue weighted by Crippen LogP contribution is 2.25. The lowest BCUT2D eigenvalue weighted by Gasteiger charge is -2.28. The summed E-state index contributed by atoms with van der Waals surface area (Å²) in [7, 11) is 3.77. The highest BCUT2D eigenvalue weighted by atomic mass is 16.5. The van der Waals surface area contributed by atoms with Crippen LogP contribution >= 0.6 is 0 Å². The van der Waals surface area contributed by atoms with Gasteiger partial charge in [-0.25, -0.2) is 0 Å². The molecule has 0 unspecified atom stereocenters. The molecule has 0 saturated heterocycles. The standard InChI is InChI=1S/C14H24N2O/c1-6-11-9-12(7-8-13(11)17-5)16(4)10-14(2,3)15/h7-9H,6,10,15H2,1-5H3. The Bertz CT molecular complexity index is 369. The first-order chi connectivity index (χ1) is 7.87. The lowest BCUT2D eigenvalue weighted by molar-refractivity contribution is 0.410. The maximum atomic E-state index is 6.03. The van der Waals surface area contributed by atoms with E-state index in [0.29, 0.717) is 0 Å². The lowest BCUT2D eigenvalue weighted by Crippen LogP contribution is -2.44. The van der Waals surface area contributed by atoms with Crippen molar-refractivity contribution in [2.45, 2.75) is 32.7 Å². The number of rotatable bonds is 5. The molecule has 0 aliphatic rings. The molecule has 0 saturated carbocycles. The van der Waals surface area contributed by atoms with Gasteiger partial charge in [0.05, 0.1) is 7.11 Å². The van der Waals surface area contributed by atoms with E-state index >= 15 is 0 Å². The van der Waals surface area contributed by atoms with E-state index in [1.807, 2.05) is 19.9 Å². The summed E-state index contributed by atoms with van der Waals surface area (Å²) < 4.78 is 5.33. The Balaban J connectivity index is 2.92. The third kappa shape index (κ3) is 3.93. The summed E-state index contributed by atoms with van der Waals surface area (Å²) in [6.07, 6.45) is 0.969. The minimum atomic E-state index is -0.193. The van der Waals surface area contributed by atoms with Crippen molar-refractivity contribution in [3.05, 3.63) is 23.8 Å². The molecular weight excluding hydrogens is 212 g/mol. The van der Waals surface area contributed by atoms with Crippen molar-refractivity contribution in [3.63, 3.8) is 0 Å². The predicted octanol–water partition coefficient (Wildman–Crippen LogP) is 2.43. The number of aryl methyl sites for hydroxylation is 1. The zero-order valence-corrected chi connectivity index (χ0v) is 11.6. The second kappa shape index (κ2) is 5.41. The molecule has 0 aliphatic carbocycles. The summed E-state index contributed by atoms with van der Waals surface area (Å²) in [5.41, 5.74) is 8.25. The van der Waals surface area contributed by atoms with Gasteiger partial charge < -0.3 is 15.4 Å². The third-order valence-electron chi connectivity index (χ3n) is 2.73. The first kappa shape index (κ1) is 13.8. The van der Waals surface area contributed by atoms with Gasteiger partial charge in [0.25, 0.3) is 0 Å². The molecule has 3 nitrogen and oxygen atoms in total. The first-order valence-electron chi connectivity index (χ1n) is 6.04. The molecule has 3 heteroatoms. The maximum Gasteiger partial charge on any atom is 0.122 e. The molecule has 1 aromatic rings. The van der Waals surface area contributed by atoms with Crippen molar-refractivity contribution in [3.8, 4) is 5.75 Å². The van der Waals surface area contributed by atoms with E-state index < -0.39 is 0 Å². The van der Waals surface area contributed by atoms with Gasteiger partial charge in [0.15, 0.2) is 0 Å². The average Bonchev–Trinajstić information content (AvgIpc) is 2.25. The summed E-state index contributed by atoms with van der Waals surface area (Å²) in [6.45, 7) is 7.03. The number of nitrogens with zero attached hydrogens (tertiary/aromatic N) is 1. The fourth-order valence-corrected chi connectivity index (χ4v) is 1.98. The summed E-state index contributed by atoms with van der Waals surface area (Å²) >= 11 is 0. The van der Waals surface area contributed by atoms with E-state index in [2.05, 4.69) is 31.0 Å². The van der Waals surface area contributed by atoms with Crippen LogP contribution in [-0.4, -0.2) is 26.2 Å². The molecule has 1 aromatic carbocycles. The zero-order valence-electron chi connectivity index (χ0n) is 11.6. The van der Waals surface area contributed by atoms with Crippen LogP contribution in [0.4, 0.5) is 5.69 Å². The Labute approximate surface area is 105 Å². The van der Waals surface area contributed by atoms with Gasteiger partial charge in [-0.2, -0.15) is 0 Å². The monoisotopic (exact) mass is 236 g/mol. The van der Waals surface area contributed by atoms with E-state index in [0.717, 1.165) is 18.7 Å². The van der Waals surface area contributed by atoms with Crippen LogP contribution in [0, 0.1) is 0 Å². The molecule has 0 radical (unpaired) electrons. The van der Waals surface area contributed by atoms with E-state index in [-0.39, 0.29) is 5.54 Å². The van der Waals surface area contributed by atoms with Gasteiger partial charge in [-0.05, 0) is 44.0 Å². The molecular formula is C14H24N2O. The predicted molar refractivity (Wildman–Crippen MR) is 73.9 cm³/mol. The largest absolute Gasteiger partial charge is 0.496 e. The minimum absolute atomic E-state index is 0.193. The Morgan fingerprint density at radius 2 is 2.00 bits per heavy atom. The van der Waals surface area contributed by atoms with Crippen molar-refractivity contribution in [2.24, 2.45) is 5.73 Å². The normalized spacial score (nSPS) is 11.4. The first-order valence-corrected chi connectivity index (χ1v) is 6.04. The van der Waals surface area contributed by atoms with Crippen LogP contribution in [-0.2, 0) is 6.42 Å². The molecule has 0 atom stereocenters. The highest BCUT2D eigenvalue weighted by Gasteiger charge is 2.15. The van der Waals surface area contributed by atoms with E-state index in [9.17, 15) is 0 Å². The van der Waals surface area contributed by atoms with Crippen LogP contribution < -0.4 is 15.4 Å². The number of ether oxygens (including phenoxy) is 1. The second-order valence-electron chi connectivity index (χ2n) is 5.19. The number of hydrogen-bond acceptors (Lipinski definition) is 3. The van der Waals surface area contributed by atoms with Crippen LogP contribution in [0.1, 0.15) is 26.3 Å². The highest BCUT2D eigenvalue weighted by molar-refractivity contribution is 5.53. The molecule has 17 heavy (non-hydrogen) atoms. The Morgan fingerprint density at radius 3 is 2.47 bits per heavy atom. The van der Waals surface area contributed by atoms with E-state index in [4.69, 9.17) is 10.5 Å². The van der Waals surface area contributed by atoms with Crippen LogP contribution in [0.3, 0.4) is 0 Å². The van der Waals surface area contributed by atoms with Crippen molar-refractivity contribution < 1.29 is 4.74 Å². The molecule has 0 bridgehead atoms. The molecule has 2 N–H and O–H groups in total. The zero-order chi connectivity index (χ0) is 13.1. The fourth-order valence-electron chi connectivity index (χ4n) is 1.98. The summed E-state index contributed by atoms with van der Waals surface area (Å²) in [5, 5.41) is 0. The van der Waals surface area contributed by atoms with Crippen molar-refractivity contribution in [2.75, 3.05) is 25.6 Å². The topological polar surface area (TPSA) is 38.5 Å². The van der Waals surface area contributed by atoms with Gasteiger partial charge in [-0.3, -0.25) is 0 Å². The van der Waals surface area contributed by atoms with Gasteiger partial charge >= 0.3 is 0 Å². The van der Waals surface area contributed by atoms with Gasteiger partial charge in [-0.15, -0.1) is 0 Å². The number of likely N-dealkylation sites (N-methyl/N-ethyl adjacent to an activating group) is 1. The van der Waals surface area contributed by atoms with E-state index in [1.165, 1.54) is 11.3 Å². The van der Waals surface area contributed by atoms with Crippen molar-refractivity contribution in [1.82, 2.24) is 0 Å². The Morgan fingerprint density at radius 1 is 1.35 bits per heavy atom. The molecule has 96 valence electrons. The summed E-state index contributed by atoms with van der Waals surface area (Å²) in [4.78, 5) is 2.18. The molecule has 0 spiro atoms. The summed E-state index contributed by atoms with van der Waals surface area (Å²) in [6, 6.07) is 6.27. The van der Waals surface area contributed by atoms with Crippen molar-refractivity contribution >= 4 is 5.69 Å². The number of hydrogen-bond donors (Lipinski definition) is 1. The van der Waals surface area contributed by atoms with Gasteiger partial charge in [0.1, 0.15) is 5.75 Å². The number of methoxy groups -OCH3 is 1. The van der Waals surface area contributed by atoms with E-state index in [1.54, 1.807) is 7.11 Å². The molecule has 0 fully saturated rings. The minimum Gasteiger partial charge on any atom is -0.496 e. The van der Waals surface area contributed by atoms with Crippen LogP contribution in [0.2, 0.25) is 0 Å². The second-order valence-corrected chi connectivity index (χ2v) is 5.19. The average molecular weight is 236 g/mol. The molecule has 0 aliphatic heterocycles. The van der Waals surface area contributed by atoms with Crippen LogP contribution in [0.25, 0.3) is 0 Å². The third-order valence-corrected chi connectivity index (χ3v) is 2.73. The Kier molecular flexibility index (Phi) is 4.40. The molecule has 0 heterocycles. The smallest absolute Gasteiger partial charge is 0.122 e. The lowest BCUT2D eigenvalue weighted by atomic mass is 10.1. The Hall–Kier alpha value is -1.22. The quantitative estimate of drug-likeness (QED) is 0.853. The molecule has 0 aromatic heterocycles. The number of nitrogens with two attached hydrogens (primary N) is 1. The SMILES string of the molecule is CCc1cc(N(C)CC(C)(C)N)ccc1OC. The molecule has 1 rings (SSSR count). The van der Waals surface area contributed by atoms with Crippen LogP contribution in [0.15, 0.2) is 18.2 Å². The number of anilines is 1. The van der Waals surface area contributed by atoms with Gasteiger partial charge in [0.2, 0.25) is 0 Å². The number of benzene rings is 1.